The minimum atomic E-state index is -3.64. The van der Waals surface area contributed by atoms with Crippen molar-refractivity contribution < 1.29 is 17.9 Å². The number of amides is 1. The van der Waals surface area contributed by atoms with Crippen molar-refractivity contribution in [3.63, 3.8) is 0 Å². The van der Waals surface area contributed by atoms with Crippen molar-refractivity contribution in [1.29, 1.82) is 0 Å². The van der Waals surface area contributed by atoms with Gasteiger partial charge in [-0.05, 0) is 36.6 Å². The first kappa shape index (κ1) is 20.9. The summed E-state index contributed by atoms with van der Waals surface area (Å²) < 4.78 is 30.4. The third-order valence-electron chi connectivity index (χ3n) is 4.06. The summed E-state index contributed by atoms with van der Waals surface area (Å²) >= 11 is 0.821. The summed E-state index contributed by atoms with van der Waals surface area (Å²) in [7, 11) is -3.64. The highest BCUT2D eigenvalue weighted by molar-refractivity contribution is 7.92. The fourth-order valence-corrected chi connectivity index (χ4v) is 4.92. The molecule has 0 saturated heterocycles. The topological polar surface area (TPSA) is 98.2 Å². The van der Waals surface area contributed by atoms with Gasteiger partial charge in [-0.25, -0.2) is 8.42 Å². The Kier molecular flexibility index (Phi) is 6.60. The number of benzene rings is 2. The van der Waals surface area contributed by atoms with Crippen LogP contribution in [0.3, 0.4) is 0 Å². The third kappa shape index (κ3) is 5.85. The Balaban J connectivity index is 1.58. The van der Waals surface area contributed by atoms with E-state index >= 15 is 0 Å². The van der Waals surface area contributed by atoms with E-state index in [1.807, 2.05) is 37.3 Å². The van der Waals surface area contributed by atoms with Crippen molar-refractivity contribution in [2.75, 3.05) is 11.9 Å². The molecule has 9 heteroatoms. The highest BCUT2D eigenvalue weighted by Crippen LogP contribution is 2.24. The Morgan fingerprint density at radius 2 is 1.86 bits per heavy atom. The smallest absolute Gasteiger partial charge is 0.264 e. The van der Waals surface area contributed by atoms with Gasteiger partial charge in [0.05, 0.1) is 5.75 Å². The number of carbonyl (C=O) groups is 1. The van der Waals surface area contributed by atoms with Crippen LogP contribution in [0.1, 0.15) is 23.6 Å². The zero-order valence-electron chi connectivity index (χ0n) is 16.1. The van der Waals surface area contributed by atoms with E-state index in [0.717, 1.165) is 23.3 Å². The molecular formula is C20H21N3O4S2. The van der Waals surface area contributed by atoms with E-state index < -0.39 is 15.7 Å². The molecule has 0 aliphatic carbocycles. The van der Waals surface area contributed by atoms with Crippen molar-refractivity contribution in [2.24, 2.45) is 0 Å². The maximum absolute atomic E-state index is 12.5. The van der Waals surface area contributed by atoms with E-state index in [0.29, 0.717) is 11.3 Å². The Morgan fingerprint density at radius 1 is 1.10 bits per heavy atom. The molecule has 0 aliphatic heterocycles. The molecule has 0 radical (unpaired) electrons. The molecule has 1 aromatic heterocycles. The maximum Gasteiger partial charge on any atom is 0.264 e. The quantitative estimate of drug-likeness (QED) is 0.549. The van der Waals surface area contributed by atoms with Crippen LogP contribution in [0.25, 0.3) is 0 Å². The first-order chi connectivity index (χ1) is 13.9. The second-order valence-corrected chi connectivity index (χ2v) is 9.60. The lowest BCUT2D eigenvalue weighted by Crippen LogP contribution is -2.20. The highest BCUT2D eigenvalue weighted by Gasteiger charge is 2.22. The van der Waals surface area contributed by atoms with Gasteiger partial charge in [0.2, 0.25) is 19.3 Å². The average molecular weight is 432 g/mol. The zero-order valence-corrected chi connectivity index (χ0v) is 17.7. The summed E-state index contributed by atoms with van der Waals surface area (Å²) in [5, 5.41) is 10.1. The van der Waals surface area contributed by atoms with Crippen LogP contribution in [0.2, 0.25) is 0 Å². The van der Waals surface area contributed by atoms with Crippen LogP contribution in [-0.4, -0.2) is 31.1 Å². The van der Waals surface area contributed by atoms with Gasteiger partial charge in [-0.3, -0.25) is 10.1 Å². The van der Waals surface area contributed by atoms with E-state index in [1.165, 1.54) is 5.56 Å². The number of sulfone groups is 1. The molecule has 152 valence electrons. The fraction of sp³-hybridized carbons (Fsp3) is 0.250. The first-order valence-electron chi connectivity index (χ1n) is 8.99. The predicted molar refractivity (Wildman–Crippen MR) is 112 cm³/mol. The van der Waals surface area contributed by atoms with Gasteiger partial charge in [0.1, 0.15) is 5.75 Å². The van der Waals surface area contributed by atoms with Crippen LogP contribution >= 0.6 is 11.3 Å². The van der Waals surface area contributed by atoms with Gasteiger partial charge in [-0.2, -0.15) is 0 Å². The standard InChI is InChI=1S/C20H21N3O4S2/c1-3-15-7-9-17(10-8-15)27-12-18(24)21-19-22-23-20(28-19)29(25,26)13-16-6-4-5-14(2)11-16/h4-11H,3,12-13H2,1-2H3,(H,21,22,24). The number of anilines is 1. The molecule has 0 saturated carbocycles. The lowest BCUT2D eigenvalue weighted by atomic mass is 10.2. The number of rotatable bonds is 8. The van der Waals surface area contributed by atoms with Crippen molar-refractivity contribution >= 4 is 32.2 Å². The van der Waals surface area contributed by atoms with E-state index in [9.17, 15) is 13.2 Å². The van der Waals surface area contributed by atoms with Gasteiger partial charge in [-0.1, -0.05) is 60.2 Å². The number of hydrogen-bond donors (Lipinski definition) is 1. The summed E-state index contributed by atoms with van der Waals surface area (Å²) in [4.78, 5) is 12.0. The van der Waals surface area contributed by atoms with Crippen LogP contribution in [-0.2, 0) is 26.8 Å². The van der Waals surface area contributed by atoms with Gasteiger partial charge in [0.25, 0.3) is 5.91 Å². The second-order valence-electron chi connectivity index (χ2n) is 6.46. The first-order valence-corrected chi connectivity index (χ1v) is 11.5. The summed E-state index contributed by atoms with van der Waals surface area (Å²) in [5.74, 6) is -0.0342. The summed E-state index contributed by atoms with van der Waals surface area (Å²) in [6, 6.07) is 14.7. The normalized spacial score (nSPS) is 11.2. The molecule has 1 heterocycles. The molecule has 0 fully saturated rings. The summed E-state index contributed by atoms with van der Waals surface area (Å²) in [6.07, 6.45) is 0.924. The van der Waals surface area contributed by atoms with Gasteiger partial charge in [0, 0.05) is 0 Å². The van der Waals surface area contributed by atoms with E-state index in [1.54, 1.807) is 18.2 Å². The van der Waals surface area contributed by atoms with Crippen LogP contribution in [0, 0.1) is 6.92 Å². The van der Waals surface area contributed by atoms with Crippen LogP contribution in [0.4, 0.5) is 5.13 Å². The number of carbonyl (C=O) groups excluding carboxylic acids is 1. The highest BCUT2D eigenvalue weighted by atomic mass is 32.2. The monoisotopic (exact) mass is 431 g/mol. The van der Waals surface area contributed by atoms with Crippen LogP contribution in [0.15, 0.2) is 52.9 Å². The Bertz CT molecular complexity index is 1090. The number of ether oxygens (including phenoxy) is 1. The van der Waals surface area contributed by atoms with Crippen LogP contribution in [0.5, 0.6) is 5.75 Å². The Labute approximate surface area is 173 Å². The van der Waals surface area contributed by atoms with Crippen molar-refractivity contribution in [3.05, 3.63) is 65.2 Å². The molecule has 3 aromatic rings. The maximum atomic E-state index is 12.5. The number of nitrogens with zero attached hydrogens (tertiary/aromatic N) is 2. The molecule has 2 aromatic carbocycles. The largest absolute Gasteiger partial charge is 0.484 e. The lowest BCUT2D eigenvalue weighted by Gasteiger charge is -2.06. The van der Waals surface area contributed by atoms with E-state index in [2.05, 4.69) is 22.4 Å². The number of aryl methyl sites for hydroxylation is 2. The molecule has 1 N–H and O–H groups in total. The van der Waals surface area contributed by atoms with Crippen molar-refractivity contribution in [1.82, 2.24) is 10.2 Å². The molecule has 3 rings (SSSR count). The molecular weight excluding hydrogens is 410 g/mol. The molecule has 29 heavy (non-hydrogen) atoms. The van der Waals surface area contributed by atoms with Gasteiger partial charge >= 0.3 is 0 Å². The molecule has 7 nitrogen and oxygen atoms in total. The molecule has 0 unspecified atom stereocenters. The van der Waals surface area contributed by atoms with Gasteiger partial charge in [-0.15, -0.1) is 10.2 Å². The Hall–Kier alpha value is -2.78. The molecule has 1 amide bonds. The SMILES string of the molecule is CCc1ccc(OCC(=O)Nc2nnc(S(=O)(=O)Cc3cccc(C)c3)s2)cc1. The zero-order chi connectivity index (χ0) is 20.9. The van der Waals surface area contributed by atoms with Gasteiger partial charge in [0.15, 0.2) is 6.61 Å². The minimum absolute atomic E-state index is 0.114. The fourth-order valence-electron chi connectivity index (χ4n) is 2.59. The molecule has 0 spiro atoms. The molecule has 0 atom stereocenters. The number of aromatic nitrogens is 2. The minimum Gasteiger partial charge on any atom is -0.484 e. The van der Waals surface area contributed by atoms with E-state index in [4.69, 9.17) is 4.74 Å². The van der Waals surface area contributed by atoms with Crippen molar-refractivity contribution in [3.8, 4) is 5.75 Å². The lowest BCUT2D eigenvalue weighted by molar-refractivity contribution is -0.118. The third-order valence-corrected chi connectivity index (χ3v) is 7.03. The van der Waals surface area contributed by atoms with Crippen molar-refractivity contribution in [2.45, 2.75) is 30.4 Å². The summed E-state index contributed by atoms with van der Waals surface area (Å²) in [6.45, 7) is 3.74. The second kappa shape index (κ2) is 9.15. The molecule has 0 aliphatic rings. The average Bonchev–Trinajstić information content (AvgIpc) is 3.16. The number of hydrogen-bond acceptors (Lipinski definition) is 7. The predicted octanol–water partition coefficient (Wildman–Crippen LogP) is 3.40. The molecule has 0 bridgehead atoms. The van der Waals surface area contributed by atoms with Crippen LogP contribution < -0.4 is 10.1 Å². The van der Waals surface area contributed by atoms with Gasteiger partial charge < -0.3 is 4.74 Å². The van der Waals surface area contributed by atoms with E-state index in [-0.39, 0.29) is 21.8 Å². The number of nitrogens with one attached hydrogen (secondary N) is 1. The summed E-state index contributed by atoms with van der Waals surface area (Å²) in [5.41, 5.74) is 2.83. The Morgan fingerprint density at radius 3 is 2.55 bits per heavy atom.